The molecule has 0 amide bonds. The molecule has 0 saturated carbocycles. The Kier molecular flexibility index (Phi) is 5.29. The average molecular weight is 290 g/mol. The van der Waals surface area contributed by atoms with Crippen molar-refractivity contribution in [3.63, 3.8) is 0 Å². The molecule has 1 aromatic carbocycles. The van der Waals surface area contributed by atoms with Crippen molar-refractivity contribution in [3.8, 4) is 0 Å². The third-order valence-corrected chi connectivity index (χ3v) is 4.04. The third-order valence-electron chi connectivity index (χ3n) is 3.01. The molecule has 3 nitrogen and oxygen atoms in total. The van der Waals surface area contributed by atoms with Gasteiger partial charge in [-0.2, -0.15) is 0 Å². The second-order valence-electron chi connectivity index (χ2n) is 5.26. The molecule has 0 aliphatic carbocycles. The van der Waals surface area contributed by atoms with Gasteiger partial charge in [0.05, 0.1) is 12.6 Å². The van der Waals surface area contributed by atoms with Crippen LogP contribution in [-0.2, 0) is 11.3 Å². The van der Waals surface area contributed by atoms with Crippen LogP contribution in [0.5, 0.6) is 0 Å². The van der Waals surface area contributed by atoms with Gasteiger partial charge in [-0.3, -0.25) is 0 Å². The summed E-state index contributed by atoms with van der Waals surface area (Å²) >= 11 is 1.71. The fourth-order valence-corrected chi connectivity index (χ4v) is 3.00. The zero-order valence-corrected chi connectivity index (χ0v) is 13.3. The molecule has 0 radical (unpaired) electrons. The van der Waals surface area contributed by atoms with Crippen molar-refractivity contribution in [2.24, 2.45) is 0 Å². The molecular formula is C16H22N2OS. The van der Waals surface area contributed by atoms with E-state index in [1.54, 1.807) is 18.4 Å². The summed E-state index contributed by atoms with van der Waals surface area (Å²) < 4.78 is 5.15. The topological polar surface area (TPSA) is 34.1 Å². The fourth-order valence-electron chi connectivity index (χ4n) is 2.12. The molecule has 1 atom stereocenters. The first-order valence-corrected chi connectivity index (χ1v) is 7.74. The molecule has 20 heavy (non-hydrogen) atoms. The number of rotatable bonds is 6. The summed E-state index contributed by atoms with van der Waals surface area (Å²) in [4.78, 5) is 4.63. The highest BCUT2D eigenvalue weighted by Gasteiger charge is 2.18. The zero-order valence-electron chi connectivity index (χ0n) is 12.5. The summed E-state index contributed by atoms with van der Waals surface area (Å²) in [5, 5.41) is 6.82. The first-order chi connectivity index (χ1) is 9.60. The van der Waals surface area contributed by atoms with E-state index in [2.05, 4.69) is 53.8 Å². The number of methoxy groups -OCH3 is 1. The predicted molar refractivity (Wildman–Crippen MR) is 84.1 cm³/mol. The lowest BCUT2D eigenvalue weighted by Gasteiger charge is -2.20. The number of benzene rings is 1. The van der Waals surface area contributed by atoms with Gasteiger partial charge in [0, 0.05) is 24.2 Å². The Balaban J connectivity index is 2.26. The third kappa shape index (κ3) is 3.88. The molecule has 0 aliphatic rings. The van der Waals surface area contributed by atoms with E-state index in [0.717, 1.165) is 10.7 Å². The van der Waals surface area contributed by atoms with E-state index in [-0.39, 0.29) is 6.04 Å². The van der Waals surface area contributed by atoms with E-state index in [9.17, 15) is 0 Å². The maximum absolute atomic E-state index is 5.15. The number of ether oxygens (including phenoxy) is 1. The van der Waals surface area contributed by atoms with Gasteiger partial charge in [-0.15, -0.1) is 11.3 Å². The zero-order chi connectivity index (χ0) is 14.5. The number of nitrogens with zero attached hydrogens (tertiary/aromatic N) is 1. The maximum atomic E-state index is 5.15. The van der Waals surface area contributed by atoms with Crippen LogP contribution in [0.1, 0.15) is 41.7 Å². The van der Waals surface area contributed by atoms with Crippen molar-refractivity contribution >= 4 is 11.3 Å². The number of thiazole rings is 1. The molecule has 0 bridgehead atoms. The lowest BCUT2D eigenvalue weighted by molar-refractivity contribution is 0.185. The highest BCUT2D eigenvalue weighted by Crippen LogP contribution is 2.26. The van der Waals surface area contributed by atoms with Crippen molar-refractivity contribution in [1.82, 2.24) is 10.3 Å². The van der Waals surface area contributed by atoms with Gasteiger partial charge in [0.25, 0.3) is 0 Å². The monoisotopic (exact) mass is 290 g/mol. The van der Waals surface area contributed by atoms with Crippen LogP contribution in [-0.4, -0.2) is 18.1 Å². The van der Waals surface area contributed by atoms with E-state index in [0.29, 0.717) is 12.6 Å². The molecule has 0 fully saturated rings. The van der Waals surface area contributed by atoms with Gasteiger partial charge in [0.2, 0.25) is 0 Å². The first kappa shape index (κ1) is 15.2. The average Bonchev–Trinajstić information content (AvgIpc) is 2.84. The summed E-state index contributed by atoms with van der Waals surface area (Å²) in [7, 11) is 1.72. The summed E-state index contributed by atoms with van der Waals surface area (Å²) in [6, 6.07) is 9.12. The Bertz CT molecular complexity index is 534. The lowest BCUT2D eigenvalue weighted by Crippen LogP contribution is -2.28. The maximum Gasteiger partial charge on any atom is 0.114 e. The second-order valence-corrected chi connectivity index (χ2v) is 6.15. The van der Waals surface area contributed by atoms with Crippen LogP contribution in [0.3, 0.4) is 0 Å². The van der Waals surface area contributed by atoms with Gasteiger partial charge in [-0.1, -0.05) is 24.3 Å². The Morgan fingerprint density at radius 2 is 1.95 bits per heavy atom. The van der Waals surface area contributed by atoms with Crippen molar-refractivity contribution in [1.29, 1.82) is 0 Å². The van der Waals surface area contributed by atoms with Crippen LogP contribution >= 0.6 is 11.3 Å². The SMILES string of the molecule is COCc1ccc(C(NC(C)C)c2nc(C)cs2)cc1. The molecule has 2 aromatic rings. The number of nitrogens with one attached hydrogen (secondary N) is 1. The van der Waals surface area contributed by atoms with Gasteiger partial charge < -0.3 is 10.1 Å². The summed E-state index contributed by atoms with van der Waals surface area (Å²) in [6.45, 7) is 7.01. The van der Waals surface area contributed by atoms with Crippen molar-refractivity contribution in [2.45, 2.75) is 39.5 Å². The quantitative estimate of drug-likeness (QED) is 0.881. The van der Waals surface area contributed by atoms with Crippen molar-refractivity contribution in [3.05, 3.63) is 51.5 Å². The summed E-state index contributed by atoms with van der Waals surface area (Å²) in [6.07, 6.45) is 0. The van der Waals surface area contributed by atoms with Gasteiger partial charge in [-0.05, 0) is 31.9 Å². The summed E-state index contributed by atoms with van der Waals surface area (Å²) in [5.41, 5.74) is 3.51. The molecule has 2 rings (SSSR count). The second kappa shape index (κ2) is 6.97. The van der Waals surface area contributed by atoms with E-state index >= 15 is 0 Å². The molecule has 0 spiro atoms. The highest BCUT2D eigenvalue weighted by atomic mass is 32.1. The number of aromatic nitrogens is 1. The van der Waals surface area contributed by atoms with Gasteiger partial charge in [-0.25, -0.2) is 4.98 Å². The standard InChI is InChI=1S/C16H22N2OS/c1-11(2)17-15(16-18-12(3)10-20-16)14-7-5-13(6-8-14)9-19-4/h5-8,10-11,15,17H,9H2,1-4H3. The van der Waals surface area contributed by atoms with Gasteiger partial charge in [0.15, 0.2) is 0 Å². The van der Waals surface area contributed by atoms with Gasteiger partial charge >= 0.3 is 0 Å². The first-order valence-electron chi connectivity index (χ1n) is 6.86. The number of aryl methyl sites for hydroxylation is 1. The van der Waals surface area contributed by atoms with Crippen LogP contribution < -0.4 is 5.32 Å². The lowest BCUT2D eigenvalue weighted by atomic mass is 10.0. The van der Waals surface area contributed by atoms with Crippen molar-refractivity contribution in [2.75, 3.05) is 7.11 Å². The largest absolute Gasteiger partial charge is 0.380 e. The molecular weight excluding hydrogens is 268 g/mol. The number of hydrogen-bond acceptors (Lipinski definition) is 4. The molecule has 1 unspecified atom stereocenters. The normalized spacial score (nSPS) is 12.8. The Morgan fingerprint density at radius 3 is 2.45 bits per heavy atom. The molecule has 4 heteroatoms. The van der Waals surface area contributed by atoms with Crippen LogP contribution in [0.25, 0.3) is 0 Å². The Labute approximate surface area is 125 Å². The Morgan fingerprint density at radius 1 is 1.25 bits per heavy atom. The van der Waals surface area contributed by atoms with E-state index in [1.165, 1.54) is 11.1 Å². The van der Waals surface area contributed by atoms with E-state index in [1.807, 2.05) is 6.92 Å². The summed E-state index contributed by atoms with van der Waals surface area (Å²) in [5.74, 6) is 0. The molecule has 108 valence electrons. The minimum absolute atomic E-state index is 0.158. The molecule has 0 aliphatic heterocycles. The minimum Gasteiger partial charge on any atom is -0.380 e. The van der Waals surface area contributed by atoms with Gasteiger partial charge in [0.1, 0.15) is 5.01 Å². The predicted octanol–water partition coefficient (Wildman–Crippen LogP) is 3.69. The molecule has 1 aromatic heterocycles. The van der Waals surface area contributed by atoms with Crippen molar-refractivity contribution < 1.29 is 4.74 Å². The highest BCUT2D eigenvalue weighted by molar-refractivity contribution is 7.09. The Hall–Kier alpha value is -1.23. The minimum atomic E-state index is 0.158. The van der Waals surface area contributed by atoms with E-state index < -0.39 is 0 Å². The van der Waals surface area contributed by atoms with Crippen LogP contribution in [0.2, 0.25) is 0 Å². The molecule has 0 saturated heterocycles. The fraction of sp³-hybridized carbons (Fsp3) is 0.438. The van der Waals surface area contributed by atoms with Crippen LogP contribution in [0.4, 0.5) is 0 Å². The number of hydrogen-bond donors (Lipinski definition) is 1. The molecule has 1 N–H and O–H groups in total. The molecule has 1 heterocycles. The van der Waals surface area contributed by atoms with Crippen LogP contribution in [0.15, 0.2) is 29.6 Å². The van der Waals surface area contributed by atoms with E-state index in [4.69, 9.17) is 4.74 Å². The smallest absolute Gasteiger partial charge is 0.114 e. The van der Waals surface area contributed by atoms with Crippen LogP contribution in [0, 0.1) is 6.92 Å².